The highest BCUT2D eigenvalue weighted by atomic mass is 16.5. The van der Waals surface area contributed by atoms with Gasteiger partial charge in [-0.3, -0.25) is 9.59 Å². The third-order valence-corrected chi connectivity index (χ3v) is 8.51. The van der Waals surface area contributed by atoms with Crippen LogP contribution in [-0.2, 0) is 16.0 Å². The third-order valence-electron chi connectivity index (χ3n) is 8.51. The van der Waals surface area contributed by atoms with E-state index in [1.165, 1.54) is 23.6 Å². The second kappa shape index (κ2) is 9.38. The maximum atomic E-state index is 13.1. The molecule has 2 aromatic carbocycles. The first-order chi connectivity index (χ1) is 16.9. The summed E-state index contributed by atoms with van der Waals surface area (Å²) in [5.74, 6) is 2.87. The number of ketones is 1. The van der Waals surface area contributed by atoms with Crippen LogP contribution < -0.4 is 9.47 Å². The number of rotatable bonds is 6. The van der Waals surface area contributed by atoms with Gasteiger partial charge >= 0.3 is 5.97 Å². The number of fused-ring (bicyclic) bond motifs is 5. The van der Waals surface area contributed by atoms with Gasteiger partial charge in [0.1, 0.15) is 17.3 Å². The number of nitrogens with zero attached hydrogens (tertiary/aromatic N) is 3. The minimum atomic E-state index is -0.309. The number of carbonyl (C=O) groups is 2. The van der Waals surface area contributed by atoms with Gasteiger partial charge in [0.15, 0.2) is 0 Å². The summed E-state index contributed by atoms with van der Waals surface area (Å²) in [6.45, 7) is 4.25. The van der Waals surface area contributed by atoms with Gasteiger partial charge in [0, 0.05) is 23.7 Å². The van der Waals surface area contributed by atoms with Crippen LogP contribution in [0.25, 0.3) is 10.4 Å². The predicted octanol–water partition coefficient (Wildman–Crippen LogP) is 6.12. The smallest absolute Gasteiger partial charge is 0.308 e. The molecule has 0 N–H and O–H groups in total. The van der Waals surface area contributed by atoms with Crippen LogP contribution in [0.2, 0.25) is 0 Å². The van der Waals surface area contributed by atoms with E-state index >= 15 is 0 Å². The Morgan fingerprint density at radius 1 is 1.14 bits per heavy atom. The second-order valence-corrected chi connectivity index (χ2v) is 10.4. The maximum absolute atomic E-state index is 13.1. The van der Waals surface area contributed by atoms with E-state index in [1.54, 1.807) is 0 Å². The molecule has 0 aliphatic heterocycles. The lowest BCUT2D eigenvalue weighted by Gasteiger charge is -2.52. The Kier molecular flexibility index (Phi) is 6.28. The Bertz CT molecular complexity index is 1190. The van der Waals surface area contributed by atoms with Crippen molar-refractivity contribution in [1.29, 1.82) is 0 Å². The Labute approximate surface area is 205 Å². The van der Waals surface area contributed by atoms with Crippen molar-refractivity contribution in [2.24, 2.45) is 22.4 Å². The molecule has 0 bridgehead atoms. The Hall–Kier alpha value is -3.31. The fourth-order valence-corrected chi connectivity index (χ4v) is 7.07. The Balaban J connectivity index is 1.49. The number of azide groups is 1. The number of benzene rings is 2. The third kappa shape index (κ3) is 4.30. The molecular formula is C28H31N3O4. The summed E-state index contributed by atoms with van der Waals surface area (Å²) in [4.78, 5) is 27.3. The van der Waals surface area contributed by atoms with Gasteiger partial charge in [-0.25, -0.2) is 0 Å². The fourth-order valence-electron chi connectivity index (χ4n) is 7.07. The van der Waals surface area contributed by atoms with Crippen molar-refractivity contribution in [1.82, 2.24) is 0 Å². The fraction of sp³-hybridized carbons (Fsp3) is 0.500. The van der Waals surface area contributed by atoms with E-state index in [9.17, 15) is 9.59 Å². The molecule has 2 saturated carbocycles. The lowest BCUT2D eigenvalue weighted by atomic mass is 9.51. The lowest BCUT2D eigenvalue weighted by Crippen LogP contribution is -2.46. The van der Waals surface area contributed by atoms with Gasteiger partial charge < -0.3 is 9.47 Å². The zero-order valence-electron chi connectivity index (χ0n) is 20.3. The Morgan fingerprint density at radius 3 is 2.66 bits per heavy atom. The molecule has 0 aromatic heterocycles. The van der Waals surface area contributed by atoms with Crippen LogP contribution in [0.4, 0.5) is 0 Å². The van der Waals surface area contributed by atoms with E-state index in [2.05, 4.69) is 35.1 Å². The number of esters is 1. The van der Waals surface area contributed by atoms with E-state index < -0.39 is 0 Å². The molecule has 5 rings (SSSR count). The van der Waals surface area contributed by atoms with Crippen LogP contribution in [0.1, 0.15) is 68.1 Å². The topological polar surface area (TPSA) is 101 Å². The summed E-state index contributed by atoms with van der Waals surface area (Å²) >= 11 is 0. The normalized spacial score (nSPS) is 28.8. The van der Waals surface area contributed by atoms with Crippen molar-refractivity contribution in [2.45, 2.75) is 57.8 Å². The molecule has 3 aliphatic rings. The number of hydrogen-bond donors (Lipinski definition) is 0. The summed E-state index contributed by atoms with van der Waals surface area (Å²) < 4.78 is 11.1. The number of Topliss-reactive ketones (excluding diaryl/α,β-unsaturated/α-hetero) is 1. The average Bonchev–Trinajstić information content (AvgIpc) is 3.15. The van der Waals surface area contributed by atoms with Crippen molar-refractivity contribution in [3.63, 3.8) is 0 Å². The minimum absolute atomic E-state index is 0.221. The van der Waals surface area contributed by atoms with Crippen molar-refractivity contribution >= 4 is 11.8 Å². The number of ether oxygens (including phenoxy) is 2. The van der Waals surface area contributed by atoms with Crippen LogP contribution in [0, 0.1) is 17.3 Å². The van der Waals surface area contributed by atoms with Crippen molar-refractivity contribution < 1.29 is 19.1 Å². The van der Waals surface area contributed by atoms with E-state index in [0.29, 0.717) is 48.9 Å². The van der Waals surface area contributed by atoms with Gasteiger partial charge in [0.25, 0.3) is 0 Å². The largest absolute Gasteiger partial charge is 0.493 e. The monoisotopic (exact) mass is 473 g/mol. The van der Waals surface area contributed by atoms with Gasteiger partial charge in [0.2, 0.25) is 0 Å². The summed E-state index contributed by atoms with van der Waals surface area (Å²) in [6.07, 6.45) is 4.51. The van der Waals surface area contributed by atoms with E-state index in [0.717, 1.165) is 31.4 Å². The molecule has 3 aliphatic carbocycles. The van der Waals surface area contributed by atoms with Gasteiger partial charge in [-0.15, -0.1) is 0 Å². The quantitative estimate of drug-likeness (QED) is 0.126. The van der Waals surface area contributed by atoms with Crippen LogP contribution in [0.5, 0.6) is 11.5 Å². The highest BCUT2D eigenvalue weighted by molar-refractivity contribution is 5.87. The zero-order chi connectivity index (χ0) is 24.6. The van der Waals surface area contributed by atoms with Crippen LogP contribution in [0.3, 0.4) is 0 Å². The van der Waals surface area contributed by atoms with Crippen LogP contribution >= 0.6 is 0 Å². The van der Waals surface area contributed by atoms with Crippen molar-refractivity contribution in [2.75, 3.05) is 13.2 Å². The van der Waals surface area contributed by atoms with Crippen molar-refractivity contribution in [3.05, 3.63) is 69.6 Å². The van der Waals surface area contributed by atoms with Crippen LogP contribution in [0.15, 0.2) is 47.6 Å². The SMILES string of the molecule is CC(=O)Oc1ccc2c(c1)CC[C@@H]1[C@@H]2[C@@H](c2ccc(OCCN=[N+]=[N-])cc2)C[C@]2(C)C(=O)CC[C@@H]12. The maximum Gasteiger partial charge on any atom is 0.308 e. The van der Waals surface area contributed by atoms with Gasteiger partial charge in [0.05, 0.1) is 13.2 Å². The molecule has 0 heterocycles. The highest BCUT2D eigenvalue weighted by Crippen LogP contribution is 2.64. The van der Waals surface area contributed by atoms with Gasteiger partial charge in [-0.1, -0.05) is 30.2 Å². The van der Waals surface area contributed by atoms with Gasteiger partial charge in [-0.05, 0) is 95.8 Å². The van der Waals surface area contributed by atoms with E-state index in [4.69, 9.17) is 15.0 Å². The molecule has 182 valence electrons. The molecule has 0 saturated heterocycles. The number of hydrogen-bond acceptors (Lipinski definition) is 5. The summed E-state index contributed by atoms with van der Waals surface area (Å²) in [7, 11) is 0. The molecular weight excluding hydrogens is 442 g/mol. The molecule has 7 heteroatoms. The first-order valence-electron chi connectivity index (χ1n) is 12.5. The molecule has 5 atom stereocenters. The standard InChI is InChI=1S/C28H31N3O4/c1-17(32)35-21-8-10-22-19(15-21)5-9-23-25-11-12-26(33)28(25,2)16-24(27(22)23)18-3-6-20(7-4-18)34-14-13-30-31-29/h3-4,6-8,10,15,23-25,27H,5,9,11-14,16H2,1-2H3/t23-,24+,25-,27+,28-/m0/s1. The lowest BCUT2D eigenvalue weighted by molar-refractivity contribution is -0.132. The second-order valence-electron chi connectivity index (χ2n) is 10.4. The summed E-state index contributed by atoms with van der Waals surface area (Å²) in [6, 6.07) is 14.3. The first-order valence-corrected chi connectivity index (χ1v) is 12.5. The predicted molar refractivity (Wildman–Crippen MR) is 131 cm³/mol. The molecule has 2 aromatic rings. The highest BCUT2D eigenvalue weighted by Gasteiger charge is 2.57. The molecule has 7 nitrogen and oxygen atoms in total. The first kappa shape index (κ1) is 23.4. The molecule has 0 amide bonds. The Morgan fingerprint density at radius 2 is 1.91 bits per heavy atom. The van der Waals surface area contributed by atoms with Crippen molar-refractivity contribution in [3.8, 4) is 11.5 Å². The molecule has 0 radical (unpaired) electrons. The molecule has 35 heavy (non-hydrogen) atoms. The molecule has 0 spiro atoms. The van der Waals surface area contributed by atoms with Gasteiger partial charge in [-0.2, -0.15) is 0 Å². The summed E-state index contributed by atoms with van der Waals surface area (Å²) in [5, 5.41) is 3.51. The molecule has 2 fully saturated rings. The van der Waals surface area contributed by atoms with E-state index in [-0.39, 0.29) is 17.3 Å². The minimum Gasteiger partial charge on any atom is -0.493 e. The molecule has 0 unspecified atom stereocenters. The summed E-state index contributed by atoms with van der Waals surface area (Å²) in [5.41, 5.74) is 12.0. The van der Waals surface area contributed by atoms with E-state index in [1.807, 2.05) is 24.3 Å². The number of aryl methyl sites for hydroxylation is 1. The van der Waals surface area contributed by atoms with Crippen LogP contribution in [-0.4, -0.2) is 24.9 Å². The average molecular weight is 474 g/mol. The zero-order valence-corrected chi connectivity index (χ0v) is 20.3. The number of carbonyl (C=O) groups excluding carboxylic acids is 2.